The molecule has 0 unspecified atom stereocenters. The summed E-state index contributed by atoms with van der Waals surface area (Å²) in [6, 6.07) is 1.76. The second-order valence-electron chi connectivity index (χ2n) is 4.26. The lowest BCUT2D eigenvalue weighted by molar-refractivity contribution is -0.142. The van der Waals surface area contributed by atoms with Crippen LogP contribution in [0.2, 0.25) is 5.15 Å². The Labute approximate surface area is 116 Å². The minimum atomic E-state index is -3.93. The second-order valence-corrected chi connectivity index (χ2v) is 6.47. The monoisotopic (exact) mass is 304 g/mol. The number of carboxylic acid groups (broad SMARTS) is 1. The summed E-state index contributed by atoms with van der Waals surface area (Å²) in [5.74, 6) is -1.14. The maximum atomic E-state index is 12.5. The lowest BCUT2D eigenvalue weighted by atomic mass is 10.1. The van der Waals surface area contributed by atoms with Gasteiger partial charge in [0.1, 0.15) is 16.1 Å². The van der Waals surface area contributed by atoms with Crippen LogP contribution < -0.4 is 0 Å². The highest BCUT2D eigenvalue weighted by molar-refractivity contribution is 7.89. The van der Waals surface area contributed by atoms with Crippen molar-refractivity contribution in [2.75, 3.05) is 6.54 Å². The van der Waals surface area contributed by atoms with Gasteiger partial charge in [0, 0.05) is 12.7 Å². The van der Waals surface area contributed by atoms with Crippen molar-refractivity contribution in [3.05, 3.63) is 23.5 Å². The normalized spacial score (nSPS) is 21.2. The molecule has 1 fully saturated rings. The fourth-order valence-electron chi connectivity index (χ4n) is 2.13. The van der Waals surface area contributed by atoms with Gasteiger partial charge in [-0.2, -0.15) is 4.31 Å². The molecule has 1 aliphatic rings. The molecule has 1 N–H and O–H groups in total. The lowest BCUT2D eigenvalue weighted by Crippen LogP contribution is -2.47. The van der Waals surface area contributed by atoms with Gasteiger partial charge >= 0.3 is 5.97 Å². The van der Waals surface area contributed by atoms with Crippen LogP contribution in [-0.2, 0) is 14.8 Å². The van der Waals surface area contributed by atoms with Crippen LogP contribution in [0.5, 0.6) is 0 Å². The fraction of sp³-hybridized carbons (Fsp3) is 0.455. The number of nitrogens with zero attached hydrogens (tertiary/aromatic N) is 2. The number of sulfonamides is 1. The van der Waals surface area contributed by atoms with Crippen molar-refractivity contribution in [3.8, 4) is 0 Å². The number of halogens is 1. The quantitative estimate of drug-likeness (QED) is 0.852. The van der Waals surface area contributed by atoms with E-state index in [1.807, 2.05) is 0 Å². The third-order valence-electron chi connectivity index (χ3n) is 3.05. The maximum Gasteiger partial charge on any atom is 0.322 e. The molecule has 2 rings (SSSR count). The minimum absolute atomic E-state index is 0.141. The highest BCUT2D eigenvalue weighted by Crippen LogP contribution is 2.28. The molecule has 1 aromatic rings. The van der Waals surface area contributed by atoms with Gasteiger partial charge < -0.3 is 5.11 Å². The van der Waals surface area contributed by atoms with Crippen molar-refractivity contribution in [2.45, 2.75) is 30.2 Å². The highest BCUT2D eigenvalue weighted by atomic mass is 35.5. The van der Waals surface area contributed by atoms with Crippen LogP contribution in [0.4, 0.5) is 0 Å². The van der Waals surface area contributed by atoms with E-state index in [2.05, 4.69) is 4.98 Å². The predicted molar refractivity (Wildman–Crippen MR) is 68.4 cm³/mol. The molecule has 0 amide bonds. The van der Waals surface area contributed by atoms with E-state index >= 15 is 0 Å². The molecule has 19 heavy (non-hydrogen) atoms. The van der Waals surface area contributed by atoms with E-state index in [9.17, 15) is 13.2 Å². The van der Waals surface area contributed by atoms with Gasteiger partial charge in [0.15, 0.2) is 0 Å². The highest BCUT2D eigenvalue weighted by Gasteiger charge is 2.38. The molecule has 0 spiro atoms. The van der Waals surface area contributed by atoms with E-state index in [0.29, 0.717) is 19.3 Å². The van der Waals surface area contributed by atoms with Crippen molar-refractivity contribution in [2.24, 2.45) is 0 Å². The molecule has 0 aromatic carbocycles. The van der Waals surface area contributed by atoms with Crippen LogP contribution in [0, 0.1) is 0 Å². The molecule has 1 aromatic heterocycles. The number of hydrogen-bond acceptors (Lipinski definition) is 4. The SMILES string of the molecule is O=C(O)[C@H]1CCCCN1S(=O)(=O)c1cccnc1Cl. The molecule has 0 aliphatic carbocycles. The zero-order chi connectivity index (χ0) is 14.0. The van der Waals surface area contributed by atoms with Crippen molar-refractivity contribution in [1.82, 2.24) is 9.29 Å². The zero-order valence-electron chi connectivity index (χ0n) is 9.99. The Morgan fingerprint density at radius 3 is 2.84 bits per heavy atom. The Morgan fingerprint density at radius 2 is 2.21 bits per heavy atom. The Hall–Kier alpha value is -1.18. The number of hydrogen-bond donors (Lipinski definition) is 1. The van der Waals surface area contributed by atoms with Gasteiger partial charge in [0.05, 0.1) is 0 Å². The van der Waals surface area contributed by atoms with E-state index in [0.717, 1.165) is 4.31 Å². The van der Waals surface area contributed by atoms with Crippen molar-refractivity contribution in [3.63, 3.8) is 0 Å². The predicted octanol–water partition coefficient (Wildman–Crippen LogP) is 1.36. The lowest BCUT2D eigenvalue weighted by Gasteiger charge is -2.31. The summed E-state index contributed by atoms with van der Waals surface area (Å²) < 4.78 is 25.9. The average molecular weight is 305 g/mol. The van der Waals surface area contributed by atoms with Crippen LogP contribution >= 0.6 is 11.6 Å². The number of carbonyl (C=O) groups is 1. The first-order valence-corrected chi connectivity index (χ1v) is 7.61. The molecule has 1 atom stereocenters. The standard InChI is InChI=1S/C11H13ClN2O4S/c12-10-9(5-3-6-13-10)19(17,18)14-7-2-1-4-8(14)11(15)16/h3,5-6,8H,1-2,4,7H2,(H,15,16)/t8-/m1/s1. The number of aliphatic carboxylic acids is 1. The first kappa shape index (κ1) is 14.2. The first-order chi connectivity index (χ1) is 8.94. The molecule has 2 heterocycles. The molecular formula is C11H13ClN2O4S. The maximum absolute atomic E-state index is 12.5. The molecule has 104 valence electrons. The largest absolute Gasteiger partial charge is 0.480 e. The van der Waals surface area contributed by atoms with Crippen molar-refractivity contribution >= 4 is 27.6 Å². The summed E-state index contributed by atoms with van der Waals surface area (Å²) in [6.07, 6.45) is 3.03. The number of carboxylic acids is 1. The van der Waals surface area contributed by atoms with Gasteiger partial charge in [-0.25, -0.2) is 13.4 Å². The Morgan fingerprint density at radius 1 is 1.47 bits per heavy atom. The van der Waals surface area contributed by atoms with Gasteiger partial charge in [-0.1, -0.05) is 11.6 Å². The summed E-state index contributed by atoms with van der Waals surface area (Å²) in [5, 5.41) is 8.99. The zero-order valence-corrected chi connectivity index (χ0v) is 11.6. The van der Waals surface area contributed by atoms with Gasteiger partial charge in [0.25, 0.3) is 0 Å². The van der Waals surface area contributed by atoms with Crippen molar-refractivity contribution in [1.29, 1.82) is 0 Å². The van der Waals surface area contributed by atoms with Crippen LogP contribution in [0.15, 0.2) is 23.2 Å². The Kier molecular flexibility index (Phi) is 4.07. The van der Waals surface area contributed by atoms with Gasteiger partial charge in [-0.05, 0) is 31.4 Å². The molecule has 6 nitrogen and oxygen atoms in total. The number of rotatable bonds is 3. The average Bonchev–Trinajstić information content (AvgIpc) is 2.39. The fourth-order valence-corrected chi connectivity index (χ4v) is 4.21. The van der Waals surface area contributed by atoms with Crippen molar-refractivity contribution < 1.29 is 18.3 Å². The van der Waals surface area contributed by atoms with E-state index < -0.39 is 22.0 Å². The van der Waals surface area contributed by atoms with E-state index in [-0.39, 0.29) is 16.6 Å². The molecule has 0 bridgehead atoms. The summed E-state index contributed by atoms with van der Waals surface area (Å²) in [7, 11) is -3.93. The smallest absolute Gasteiger partial charge is 0.322 e. The molecule has 1 aliphatic heterocycles. The molecule has 0 saturated carbocycles. The third-order valence-corrected chi connectivity index (χ3v) is 5.40. The van der Waals surface area contributed by atoms with Crippen LogP contribution in [0.1, 0.15) is 19.3 Å². The van der Waals surface area contributed by atoms with E-state index in [1.54, 1.807) is 0 Å². The first-order valence-electron chi connectivity index (χ1n) is 5.80. The molecule has 1 saturated heterocycles. The van der Waals surface area contributed by atoms with Gasteiger partial charge in [0.2, 0.25) is 10.0 Å². The summed E-state index contributed by atoms with van der Waals surface area (Å²) in [4.78, 5) is 14.7. The van der Waals surface area contributed by atoms with Crippen LogP contribution in [0.25, 0.3) is 0 Å². The van der Waals surface area contributed by atoms with E-state index in [1.165, 1.54) is 18.3 Å². The van der Waals surface area contributed by atoms with Crippen LogP contribution in [-0.4, -0.2) is 41.4 Å². The molecular weight excluding hydrogens is 292 g/mol. The topological polar surface area (TPSA) is 87.6 Å². The Balaban J connectivity index is 2.43. The van der Waals surface area contributed by atoms with Crippen LogP contribution in [0.3, 0.4) is 0 Å². The van der Waals surface area contributed by atoms with Gasteiger partial charge in [-0.15, -0.1) is 0 Å². The molecule has 8 heteroatoms. The second kappa shape index (κ2) is 5.44. The third kappa shape index (κ3) is 2.72. The van der Waals surface area contributed by atoms with E-state index in [4.69, 9.17) is 16.7 Å². The van der Waals surface area contributed by atoms with Gasteiger partial charge in [-0.3, -0.25) is 4.79 Å². The number of piperidine rings is 1. The minimum Gasteiger partial charge on any atom is -0.480 e. The summed E-state index contributed by atoms with van der Waals surface area (Å²) in [6.45, 7) is 0.185. The molecule has 0 radical (unpaired) electrons. The summed E-state index contributed by atoms with van der Waals surface area (Å²) >= 11 is 5.79. The Bertz CT molecular complexity index is 590. The summed E-state index contributed by atoms with van der Waals surface area (Å²) in [5.41, 5.74) is 0. The number of pyridine rings is 1. The number of aromatic nitrogens is 1.